The molecule has 0 aliphatic rings. The quantitative estimate of drug-likeness (QED) is 0.487. The number of hydrogen-bond acceptors (Lipinski definition) is 10. The fraction of sp³-hybridized carbons (Fsp3) is 0.333. The summed E-state index contributed by atoms with van der Waals surface area (Å²) in [4.78, 5) is 4.37. The van der Waals surface area contributed by atoms with Crippen molar-refractivity contribution in [2.45, 2.75) is 10.1 Å². The molecule has 0 unspecified atom stereocenters. The number of thioether (sulfide) groups is 1. The number of methoxy groups -OCH3 is 1. The topological polar surface area (TPSA) is 86.0 Å². The zero-order valence-electron chi connectivity index (χ0n) is 11.7. The van der Waals surface area contributed by atoms with Crippen molar-refractivity contribution in [1.82, 2.24) is 20.3 Å². The molecule has 0 spiro atoms. The number of thiophene rings is 1. The minimum atomic E-state index is 0.573. The Balaban J connectivity index is 1.52. The number of ether oxygens (including phenoxy) is 1. The van der Waals surface area contributed by atoms with E-state index in [-0.39, 0.29) is 0 Å². The first kappa shape index (κ1) is 15.4. The highest BCUT2D eigenvalue weighted by Gasteiger charge is 2.11. The zero-order chi connectivity index (χ0) is 15.2. The summed E-state index contributed by atoms with van der Waals surface area (Å²) in [6.45, 7) is 1.35. The number of nitrogens with one attached hydrogen (secondary N) is 1. The van der Waals surface area contributed by atoms with Crippen LogP contribution in [0.15, 0.2) is 25.7 Å². The third kappa shape index (κ3) is 4.03. The van der Waals surface area contributed by atoms with Crippen molar-refractivity contribution in [2.24, 2.45) is 0 Å². The normalized spacial score (nSPS) is 11.0. The van der Waals surface area contributed by atoms with E-state index in [0.717, 1.165) is 15.0 Å². The van der Waals surface area contributed by atoms with Crippen molar-refractivity contribution in [2.75, 3.05) is 25.6 Å². The molecular formula is C12H13N5O2S3. The number of nitrogens with zero attached hydrogens (tertiary/aromatic N) is 4. The number of hydrogen-bond donors (Lipinski definition) is 1. The Kier molecular flexibility index (Phi) is 5.38. The SMILES string of the molecule is COCCNc1nnc(SCc2nc(-c3ccsc3)no2)s1. The van der Waals surface area contributed by atoms with Crippen LogP contribution < -0.4 is 5.32 Å². The van der Waals surface area contributed by atoms with Gasteiger partial charge in [-0.15, -0.1) is 10.2 Å². The maximum absolute atomic E-state index is 5.24. The molecular weight excluding hydrogens is 342 g/mol. The van der Waals surface area contributed by atoms with Gasteiger partial charge in [-0.1, -0.05) is 28.3 Å². The summed E-state index contributed by atoms with van der Waals surface area (Å²) in [5, 5.41) is 20.0. The molecule has 10 heteroatoms. The Labute approximate surface area is 139 Å². The molecule has 0 aromatic carbocycles. The number of aromatic nitrogens is 4. The first-order chi connectivity index (χ1) is 10.8. The van der Waals surface area contributed by atoms with Gasteiger partial charge in [0.25, 0.3) is 0 Å². The van der Waals surface area contributed by atoms with Crippen LogP contribution in [-0.4, -0.2) is 40.6 Å². The lowest BCUT2D eigenvalue weighted by molar-refractivity contribution is 0.211. The van der Waals surface area contributed by atoms with Crippen LogP contribution in [0.4, 0.5) is 5.13 Å². The molecule has 0 aliphatic heterocycles. The summed E-state index contributed by atoms with van der Waals surface area (Å²) < 4.78 is 11.1. The fourth-order valence-electron chi connectivity index (χ4n) is 1.55. The van der Waals surface area contributed by atoms with Crippen molar-refractivity contribution in [3.05, 3.63) is 22.7 Å². The Morgan fingerprint density at radius 1 is 1.41 bits per heavy atom. The van der Waals surface area contributed by atoms with Gasteiger partial charge >= 0.3 is 0 Å². The molecule has 3 heterocycles. The molecule has 0 fully saturated rings. The third-order valence-corrected chi connectivity index (χ3v) is 5.24. The molecule has 3 aromatic heterocycles. The number of anilines is 1. The van der Waals surface area contributed by atoms with Gasteiger partial charge in [-0.3, -0.25) is 0 Å². The second kappa shape index (κ2) is 7.68. The summed E-state index contributed by atoms with van der Waals surface area (Å²) in [5.41, 5.74) is 0.977. The van der Waals surface area contributed by atoms with Crippen LogP contribution in [0.5, 0.6) is 0 Å². The van der Waals surface area contributed by atoms with E-state index in [2.05, 4.69) is 25.7 Å². The van der Waals surface area contributed by atoms with Crippen LogP contribution in [0.25, 0.3) is 11.4 Å². The second-order valence-corrected chi connectivity index (χ2v) is 7.09. The molecule has 0 aliphatic carbocycles. The van der Waals surface area contributed by atoms with E-state index in [1.165, 1.54) is 23.1 Å². The first-order valence-electron chi connectivity index (χ1n) is 6.39. The van der Waals surface area contributed by atoms with E-state index in [1.54, 1.807) is 18.4 Å². The summed E-state index contributed by atoms with van der Waals surface area (Å²) in [5.74, 6) is 1.77. The number of rotatable bonds is 8. The second-order valence-electron chi connectivity index (χ2n) is 4.11. The molecule has 0 saturated heterocycles. The van der Waals surface area contributed by atoms with Crippen LogP contribution >= 0.6 is 34.4 Å². The lowest BCUT2D eigenvalue weighted by Crippen LogP contribution is -2.06. The molecule has 0 atom stereocenters. The molecule has 116 valence electrons. The Bertz CT molecular complexity index is 697. The van der Waals surface area contributed by atoms with Crippen molar-refractivity contribution < 1.29 is 9.26 Å². The average Bonchev–Trinajstić information content (AvgIpc) is 3.26. The Hall–Kier alpha value is -1.49. The predicted octanol–water partition coefficient (Wildman–Crippen LogP) is 3.00. The molecule has 3 aromatic rings. The minimum absolute atomic E-state index is 0.573. The Morgan fingerprint density at radius 3 is 3.18 bits per heavy atom. The molecule has 0 saturated carbocycles. The monoisotopic (exact) mass is 355 g/mol. The maximum Gasteiger partial charge on any atom is 0.237 e. The van der Waals surface area contributed by atoms with Gasteiger partial charge in [-0.25, -0.2) is 0 Å². The molecule has 0 amide bonds. The van der Waals surface area contributed by atoms with Gasteiger partial charge in [0.05, 0.1) is 12.4 Å². The standard InChI is InChI=1S/C12H13N5O2S3/c1-18-4-3-13-11-15-16-12(22-11)21-7-9-14-10(17-19-9)8-2-5-20-6-8/h2,5-6H,3-4,7H2,1H3,(H,13,15). The highest BCUT2D eigenvalue weighted by atomic mass is 32.2. The van der Waals surface area contributed by atoms with Gasteiger partial charge in [0.15, 0.2) is 4.34 Å². The van der Waals surface area contributed by atoms with Crippen molar-refractivity contribution >= 4 is 39.6 Å². The van der Waals surface area contributed by atoms with Crippen LogP contribution in [0.1, 0.15) is 5.89 Å². The van der Waals surface area contributed by atoms with E-state index < -0.39 is 0 Å². The molecule has 0 radical (unpaired) electrons. The van der Waals surface area contributed by atoms with Crippen LogP contribution in [0.3, 0.4) is 0 Å². The van der Waals surface area contributed by atoms with Gasteiger partial charge in [0.2, 0.25) is 16.8 Å². The van der Waals surface area contributed by atoms with E-state index in [0.29, 0.717) is 30.6 Å². The average molecular weight is 355 g/mol. The van der Waals surface area contributed by atoms with E-state index >= 15 is 0 Å². The van der Waals surface area contributed by atoms with Gasteiger partial charge in [0.1, 0.15) is 0 Å². The van der Waals surface area contributed by atoms with Gasteiger partial charge in [-0.2, -0.15) is 16.3 Å². The highest BCUT2D eigenvalue weighted by Crippen LogP contribution is 2.28. The summed E-state index contributed by atoms with van der Waals surface area (Å²) >= 11 is 4.62. The smallest absolute Gasteiger partial charge is 0.237 e. The summed E-state index contributed by atoms with van der Waals surface area (Å²) in [6, 6.07) is 1.97. The molecule has 3 rings (SSSR count). The van der Waals surface area contributed by atoms with Crippen molar-refractivity contribution in [3.63, 3.8) is 0 Å². The van der Waals surface area contributed by atoms with Crippen LogP contribution in [-0.2, 0) is 10.5 Å². The highest BCUT2D eigenvalue weighted by molar-refractivity contribution is 8.00. The van der Waals surface area contributed by atoms with E-state index in [9.17, 15) is 0 Å². The summed E-state index contributed by atoms with van der Waals surface area (Å²) in [6.07, 6.45) is 0. The predicted molar refractivity (Wildman–Crippen MR) is 87.4 cm³/mol. The van der Waals surface area contributed by atoms with Gasteiger partial charge < -0.3 is 14.6 Å². The van der Waals surface area contributed by atoms with Gasteiger partial charge in [0, 0.05) is 24.6 Å². The fourth-order valence-corrected chi connectivity index (χ4v) is 3.79. The molecule has 22 heavy (non-hydrogen) atoms. The summed E-state index contributed by atoms with van der Waals surface area (Å²) in [7, 11) is 1.66. The molecule has 7 nitrogen and oxygen atoms in total. The third-order valence-electron chi connectivity index (χ3n) is 2.56. The van der Waals surface area contributed by atoms with Crippen LogP contribution in [0, 0.1) is 0 Å². The Morgan fingerprint density at radius 2 is 2.36 bits per heavy atom. The zero-order valence-corrected chi connectivity index (χ0v) is 14.1. The largest absolute Gasteiger partial charge is 0.383 e. The van der Waals surface area contributed by atoms with Gasteiger partial charge in [-0.05, 0) is 11.4 Å². The van der Waals surface area contributed by atoms with Crippen molar-refractivity contribution in [3.8, 4) is 11.4 Å². The lowest BCUT2D eigenvalue weighted by Gasteiger charge is -1.98. The molecule has 0 bridgehead atoms. The lowest BCUT2D eigenvalue weighted by atomic mass is 10.3. The van der Waals surface area contributed by atoms with E-state index in [4.69, 9.17) is 9.26 Å². The molecule has 1 N–H and O–H groups in total. The van der Waals surface area contributed by atoms with E-state index in [1.807, 2.05) is 16.8 Å². The van der Waals surface area contributed by atoms with Crippen LogP contribution in [0.2, 0.25) is 0 Å². The maximum atomic E-state index is 5.24. The minimum Gasteiger partial charge on any atom is -0.383 e. The van der Waals surface area contributed by atoms with Crippen molar-refractivity contribution in [1.29, 1.82) is 0 Å². The first-order valence-corrected chi connectivity index (χ1v) is 9.14.